The second-order valence-corrected chi connectivity index (χ2v) is 7.93. The minimum Gasteiger partial charge on any atom is -0.324 e. The molecule has 2 rings (SSSR count). The maximum Gasteiger partial charge on any atom is 0.238 e. The van der Waals surface area contributed by atoms with E-state index < -0.39 is 10.8 Å². The Morgan fingerprint density at radius 1 is 1.41 bits per heavy atom. The highest BCUT2D eigenvalue weighted by molar-refractivity contribution is 7.85. The third kappa shape index (κ3) is 3.76. The molecule has 1 aromatic rings. The zero-order valence-electron chi connectivity index (χ0n) is 13.9. The molecule has 0 saturated carbocycles. The van der Waals surface area contributed by atoms with E-state index in [1.54, 1.807) is 0 Å². The molecule has 1 aromatic carbocycles. The molecule has 5 heteroatoms. The van der Waals surface area contributed by atoms with Gasteiger partial charge in [0.2, 0.25) is 5.91 Å². The minimum atomic E-state index is -0.771. The number of nitrogens with one attached hydrogen (secondary N) is 1. The van der Waals surface area contributed by atoms with Crippen molar-refractivity contribution in [1.29, 1.82) is 0 Å². The van der Waals surface area contributed by atoms with Crippen molar-refractivity contribution in [2.45, 2.75) is 45.4 Å². The Bertz CT molecular complexity index is 574. The number of rotatable bonds is 4. The average Bonchev–Trinajstić information content (AvgIpc) is 2.50. The molecule has 1 saturated heterocycles. The largest absolute Gasteiger partial charge is 0.324 e. The van der Waals surface area contributed by atoms with E-state index >= 15 is 0 Å². The fraction of sp³-hybridized carbons (Fsp3) is 0.588. The molecule has 0 aromatic heterocycles. The summed E-state index contributed by atoms with van der Waals surface area (Å²) in [4.78, 5) is 14.5. The summed E-state index contributed by atoms with van der Waals surface area (Å²) in [5, 5.41) is 3.18. The van der Waals surface area contributed by atoms with Gasteiger partial charge in [-0.05, 0) is 38.3 Å². The Balaban J connectivity index is 2.03. The van der Waals surface area contributed by atoms with Crippen molar-refractivity contribution in [2.24, 2.45) is 0 Å². The van der Waals surface area contributed by atoms with Crippen molar-refractivity contribution >= 4 is 22.4 Å². The first-order valence-corrected chi connectivity index (χ1v) is 9.31. The Kier molecular flexibility index (Phi) is 5.75. The number of nitrogens with zero attached hydrogens (tertiary/aromatic N) is 1. The lowest BCUT2D eigenvalue weighted by molar-refractivity contribution is -0.117. The molecule has 4 nitrogen and oxygen atoms in total. The van der Waals surface area contributed by atoms with Gasteiger partial charge in [-0.25, -0.2) is 0 Å². The number of benzene rings is 1. The zero-order valence-corrected chi connectivity index (χ0v) is 14.7. The van der Waals surface area contributed by atoms with Gasteiger partial charge >= 0.3 is 0 Å². The summed E-state index contributed by atoms with van der Waals surface area (Å²) in [7, 11) is -0.771. The smallest absolute Gasteiger partial charge is 0.238 e. The van der Waals surface area contributed by atoms with E-state index in [0.29, 0.717) is 12.3 Å². The number of anilines is 1. The fourth-order valence-electron chi connectivity index (χ4n) is 2.90. The first-order chi connectivity index (χ1) is 10.4. The van der Waals surface area contributed by atoms with E-state index in [-0.39, 0.29) is 17.2 Å². The van der Waals surface area contributed by atoms with Crippen LogP contribution in [0.15, 0.2) is 18.2 Å². The number of aryl methyl sites for hydroxylation is 2. The third-order valence-corrected chi connectivity index (χ3v) is 6.41. The van der Waals surface area contributed by atoms with Gasteiger partial charge in [-0.1, -0.05) is 25.1 Å². The lowest BCUT2D eigenvalue weighted by Gasteiger charge is -2.36. The molecule has 0 spiro atoms. The van der Waals surface area contributed by atoms with Crippen LogP contribution in [0.25, 0.3) is 0 Å². The Morgan fingerprint density at radius 3 is 2.82 bits per heavy atom. The highest BCUT2D eigenvalue weighted by Gasteiger charge is 2.30. The average molecular weight is 322 g/mol. The molecule has 3 atom stereocenters. The summed E-state index contributed by atoms with van der Waals surface area (Å²) in [5.74, 6) is 0.666. The van der Waals surface area contributed by atoms with Crippen LogP contribution in [0, 0.1) is 6.92 Å². The normalized spacial score (nSPS) is 25.9. The van der Waals surface area contributed by atoms with Crippen LogP contribution in [-0.2, 0) is 22.0 Å². The van der Waals surface area contributed by atoms with Gasteiger partial charge in [0.25, 0.3) is 0 Å². The fourth-order valence-corrected chi connectivity index (χ4v) is 4.30. The van der Waals surface area contributed by atoms with E-state index in [9.17, 15) is 9.00 Å². The summed E-state index contributed by atoms with van der Waals surface area (Å²) >= 11 is 0. The molecule has 0 radical (unpaired) electrons. The molecule has 1 N–H and O–H groups in total. The molecule has 0 bridgehead atoms. The number of para-hydroxylation sites is 1. The summed E-state index contributed by atoms with van der Waals surface area (Å²) in [5.41, 5.74) is 3.19. The van der Waals surface area contributed by atoms with Gasteiger partial charge in [0.15, 0.2) is 0 Å². The molecule has 1 aliphatic rings. The van der Waals surface area contributed by atoms with Crippen LogP contribution in [-0.4, -0.2) is 45.2 Å². The molecule has 0 aliphatic carbocycles. The molecular weight excluding hydrogens is 296 g/mol. The molecular formula is C17H26N2O2S. The van der Waals surface area contributed by atoms with Gasteiger partial charge in [0, 0.05) is 40.1 Å². The van der Waals surface area contributed by atoms with Crippen molar-refractivity contribution in [1.82, 2.24) is 4.90 Å². The van der Waals surface area contributed by atoms with Gasteiger partial charge in [-0.15, -0.1) is 0 Å². The Labute approximate surface area is 135 Å². The van der Waals surface area contributed by atoms with E-state index in [1.165, 1.54) is 0 Å². The third-order valence-electron chi connectivity index (χ3n) is 4.60. The molecule has 0 unspecified atom stereocenters. The van der Waals surface area contributed by atoms with Gasteiger partial charge in [0.05, 0.1) is 6.54 Å². The van der Waals surface area contributed by atoms with Crippen LogP contribution in [0.5, 0.6) is 0 Å². The van der Waals surface area contributed by atoms with Crippen LogP contribution in [0.4, 0.5) is 5.69 Å². The second-order valence-electron chi connectivity index (χ2n) is 6.01. The maximum atomic E-state index is 12.4. The van der Waals surface area contributed by atoms with Crippen molar-refractivity contribution in [3.05, 3.63) is 29.3 Å². The predicted molar refractivity (Wildman–Crippen MR) is 92.7 cm³/mol. The minimum absolute atomic E-state index is 0.00994. The first kappa shape index (κ1) is 17.2. The molecule has 122 valence electrons. The van der Waals surface area contributed by atoms with Gasteiger partial charge in [0.1, 0.15) is 0 Å². The lowest BCUT2D eigenvalue weighted by Crippen LogP contribution is -2.52. The molecule has 1 fully saturated rings. The van der Waals surface area contributed by atoms with Crippen molar-refractivity contribution in [3.8, 4) is 0 Å². The highest BCUT2D eigenvalue weighted by Crippen LogP contribution is 2.21. The summed E-state index contributed by atoms with van der Waals surface area (Å²) in [6, 6.07) is 6.26. The monoisotopic (exact) mass is 322 g/mol. The van der Waals surface area contributed by atoms with Crippen LogP contribution >= 0.6 is 0 Å². The Hall–Kier alpha value is -1.20. The maximum absolute atomic E-state index is 12.4. The van der Waals surface area contributed by atoms with Crippen LogP contribution in [0.2, 0.25) is 0 Å². The number of carbonyl (C=O) groups excluding carboxylic acids is 1. The molecule has 1 heterocycles. The summed E-state index contributed by atoms with van der Waals surface area (Å²) < 4.78 is 11.8. The molecule has 1 amide bonds. The van der Waals surface area contributed by atoms with E-state index in [2.05, 4.69) is 30.1 Å². The molecule has 22 heavy (non-hydrogen) atoms. The van der Waals surface area contributed by atoms with E-state index in [0.717, 1.165) is 29.8 Å². The number of carbonyl (C=O) groups is 1. The predicted octanol–water partition coefficient (Wildman–Crippen LogP) is 2.34. The highest BCUT2D eigenvalue weighted by atomic mass is 32.2. The zero-order chi connectivity index (χ0) is 16.3. The molecule has 1 aliphatic heterocycles. The van der Waals surface area contributed by atoms with Crippen molar-refractivity contribution in [2.75, 3.05) is 24.2 Å². The van der Waals surface area contributed by atoms with Crippen LogP contribution < -0.4 is 5.32 Å². The van der Waals surface area contributed by atoms with E-state index in [4.69, 9.17) is 0 Å². The lowest BCUT2D eigenvalue weighted by atomic mass is 10.1. The number of amides is 1. The first-order valence-electron chi connectivity index (χ1n) is 7.93. The van der Waals surface area contributed by atoms with Crippen LogP contribution in [0.1, 0.15) is 31.9 Å². The van der Waals surface area contributed by atoms with Gasteiger partial charge < -0.3 is 5.32 Å². The van der Waals surface area contributed by atoms with Crippen LogP contribution in [0.3, 0.4) is 0 Å². The van der Waals surface area contributed by atoms with E-state index in [1.807, 2.05) is 26.0 Å². The summed E-state index contributed by atoms with van der Waals surface area (Å²) in [6.45, 7) is 9.25. The van der Waals surface area contributed by atoms with Crippen molar-refractivity contribution < 1.29 is 9.00 Å². The second kappa shape index (κ2) is 7.38. The van der Waals surface area contributed by atoms with Crippen molar-refractivity contribution in [3.63, 3.8) is 0 Å². The standard InChI is InChI=1S/C17H26N2O2S/c1-5-15-8-6-7-12(2)17(15)18-16(20)11-19-9-10-22(21)14(4)13(19)3/h6-8,13-14H,5,9-11H2,1-4H3,(H,18,20)/t13-,14-,22+/m1/s1. The SMILES string of the molecule is CCc1cccc(C)c1NC(=O)CN1CC[S@](=O)[C@H](C)[C@H]1C. The number of hydrogen-bond donors (Lipinski definition) is 1. The topological polar surface area (TPSA) is 49.4 Å². The number of hydrogen-bond acceptors (Lipinski definition) is 3. The summed E-state index contributed by atoms with van der Waals surface area (Å²) in [6.07, 6.45) is 0.896. The Morgan fingerprint density at radius 2 is 2.14 bits per heavy atom. The van der Waals surface area contributed by atoms with Gasteiger partial charge in [-0.2, -0.15) is 0 Å². The quantitative estimate of drug-likeness (QED) is 0.925. The van der Waals surface area contributed by atoms with Gasteiger partial charge in [-0.3, -0.25) is 13.9 Å².